The summed E-state index contributed by atoms with van der Waals surface area (Å²) in [5.41, 5.74) is 1.10. The number of piperazine rings is 1. The van der Waals surface area contributed by atoms with Gasteiger partial charge in [-0.1, -0.05) is 23.7 Å². The first kappa shape index (κ1) is 14.6. The molecular weight excluding hydrogens is 312 g/mol. The zero-order valence-corrected chi connectivity index (χ0v) is 13.6. The van der Waals surface area contributed by atoms with Crippen molar-refractivity contribution in [3.05, 3.63) is 52.0 Å². The first-order valence-corrected chi connectivity index (χ1v) is 8.43. The third-order valence-electron chi connectivity index (χ3n) is 4.56. The van der Waals surface area contributed by atoms with Crippen molar-refractivity contribution < 1.29 is 0 Å². The molecule has 2 aliphatic rings. The molecule has 0 amide bonds. The highest BCUT2D eigenvalue weighted by atomic mass is 35.5. The first-order chi connectivity index (χ1) is 11.2. The monoisotopic (exact) mass is 330 g/mol. The second kappa shape index (κ2) is 5.89. The van der Waals surface area contributed by atoms with E-state index < -0.39 is 0 Å². The number of anilines is 2. The maximum absolute atomic E-state index is 12.6. The van der Waals surface area contributed by atoms with Crippen LogP contribution < -0.4 is 15.4 Å². The predicted octanol–water partition coefficient (Wildman–Crippen LogP) is 2.56. The summed E-state index contributed by atoms with van der Waals surface area (Å²) in [5, 5.41) is 0.773. The van der Waals surface area contributed by atoms with E-state index in [1.54, 1.807) is 6.20 Å². The lowest BCUT2D eigenvalue weighted by molar-refractivity contribution is 0.629. The van der Waals surface area contributed by atoms with Gasteiger partial charge in [-0.25, -0.2) is 4.98 Å². The van der Waals surface area contributed by atoms with Gasteiger partial charge in [0.1, 0.15) is 0 Å². The van der Waals surface area contributed by atoms with Gasteiger partial charge in [0.15, 0.2) is 5.82 Å². The first-order valence-electron chi connectivity index (χ1n) is 8.05. The molecule has 0 unspecified atom stereocenters. The second-order valence-corrected chi connectivity index (χ2v) is 6.53. The lowest BCUT2D eigenvalue weighted by Crippen LogP contribution is -2.48. The Morgan fingerprint density at radius 1 is 1.04 bits per heavy atom. The number of hydrogen-bond donors (Lipinski definition) is 0. The van der Waals surface area contributed by atoms with Crippen LogP contribution in [0.5, 0.6) is 0 Å². The van der Waals surface area contributed by atoms with Gasteiger partial charge in [-0.3, -0.25) is 4.79 Å². The molecule has 1 saturated carbocycles. The summed E-state index contributed by atoms with van der Waals surface area (Å²) in [5.74, 6) is 0.582. The zero-order chi connectivity index (χ0) is 15.8. The van der Waals surface area contributed by atoms with E-state index in [9.17, 15) is 4.79 Å². The van der Waals surface area contributed by atoms with Gasteiger partial charge in [0, 0.05) is 44.6 Å². The second-order valence-electron chi connectivity index (χ2n) is 6.12. The summed E-state index contributed by atoms with van der Waals surface area (Å²) in [6.07, 6.45) is 5.76. The molecule has 0 bridgehead atoms. The Bertz CT molecular complexity index is 763. The number of para-hydroxylation sites is 1. The fourth-order valence-electron chi connectivity index (χ4n) is 3.14. The molecule has 120 valence electrons. The Morgan fingerprint density at radius 2 is 1.74 bits per heavy atom. The van der Waals surface area contributed by atoms with Gasteiger partial charge in [-0.05, 0) is 25.0 Å². The molecule has 0 N–H and O–H groups in total. The van der Waals surface area contributed by atoms with Gasteiger partial charge < -0.3 is 14.4 Å². The van der Waals surface area contributed by atoms with Gasteiger partial charge in [0.25, 0.3) is 5.56 Å². The van der Waals surface area contributed by atoms with Gasteiger partial charge in [0.05, 0.1) is 10.7 Å². The Hall–Kier alpha value is -2.01. The normalized spacial score (nSPS) is 18.3. The number of hydrogen-bond acceptors (Lipinski definition) is 4. The van der Waals surface area contributed by atoms with Gasteiger partial charge in [-0.2, -0.15) is 0 Å². The van der Waals surface area contributed by atoms with Crippen molar-refractivity contribution in [2.75, 3.05) is 36.0 Å². The van der Waals surface area contributed by atoms with Crippen LogP contribution in [0.3, 0.4) is 0 Å². The quantitative estimate of drug-likeness (QED) is 0.867. The summed E-state index contributed by atoms with van der Waals surface area (Å²) >= 11 is 6.28. The summed E-state index contributed by atoms with van der Waals surface area (Å²) < 4.78 is 1.84. The van der Waals surface area contributed by atoms with E-state index in [0.29, 0.717) is 11.9 Å². The molecule has 0 spiro atoms. The van der Waals surface area contributed by atoms with Crippen molar-refractivity contribution in [1.29, 1.82) is 0 Å². The molecule has 1 aromatic heterocycles. The minimum atomic E-state index is 0.0428. The van der Waals surface area contributed by atoms with E-state index in [0.717, 1.165) is 49.7 Å². The van der Waals surface area contributed by atoms with Gasteiger partial charge in [0.2, 0.25) is 0 Å². The minimum Gasteiger partial charge on any atom is -0.367 e. The molecule has 4 rings (SSSR count). The largest absolute Gasteiger partial charge is 0.367 e. The standard InChI is InChI=1S/C17H19ClN4O/c18-14-3-1-2-4-15(14)20-9-11-21(12-10-20)16-17(23)22(8-7-19-16)13-5-6-13/h1-4,7-8,13H,5-6,9-12H2. The maximum atomic E-state index is 12.6. The van der Waals surface area contributed by atoms with Crippen molar-refractivity contribution in [2.24, 2.45) is 0 Å². The Morgan fingerprint density at radius 3 is 2.43 bits per heavy atom. The summed E-state index contributed by atoms with van der Waals surface area (Å²) in [6, 6.07) is 8.28. The van der Waals surface area contributed by atoms with Crippen molar-refractivity contribution in [3.8, 4) is 0 Å². The van der Waals surface area contributed by atoms with Crippen LogP contribution in [-0.2, 0) is 0 Å². The third kappa shape index (κ3) is 2.81. The molecule has 6 heteroatoms. The molecule has 0 atom stereocenters. The average Bonchev–Trinajstić information content (AvgIpc) is 3.41. The molecule has 1 aliphatic carbocycles. The molecule has 1 aromatic carbocycles. The lowest BCUT2D eigenvalue weighted by Gasteiger charge is -2.36. The molecule has 2 heterocycles. The number of aromatic nitrogens is 2. The zero-order valence-electron chi connectivity index (χ0n) is 12.9. The highest BCUT2D eigenvalue weighted by Gasteiger charge is 2.27. The van der Waals surface area contributed by atoms with E-state index in [1.165, 1.54) is 0 Å². The SMILES string of the molecule is O=c1c(N2CCN(c3ccccc3Cl)CC2)nccn1C1CC1. The third-order valence-corrected chi connectivity index (χ3v) is 4.88. The van der Waals surface area contributed by atoms with Crippen LogP contribution in [-0.4, -0.2) is 35.7 Å². The van der Waals surface area contributed by atoms with Crippen molar-refractivity contribution in [1.82, 2.24) is 9.55 Å². The van der Waals surface area contributed by atoms with E-state index in [1.807, 2.05) is 35.0 Å². The van der Waals surface area contributed by atoms with E-state index in [-0.39, 0.29) is 5.56 Å². The number of rotatable bonds is 3. The lowest BCUT2D eigenvalue weighted by atomic mass is 10.2. The molecule has 1 aliphatic heterocycles. The molecular formula is C17H19ClN4O. The molecule has 5 nitrogen and oxygen atoms in total. The fraction of sp³-hybridized carbons (Fsp3) is 0.412. The van der Waals surface area contributed by atoms with Crippen LogP contribution in [0.4, 0.5) is 11.5 Å². The van der Waals surface area contributed by atoms with Crippen LogP contribution in [0.25, 0.3) is 0 Å². The van der Waals surface area contributed by atoms with Crippen molar-refractivity contribution >= 4 is 23.1 Å². The van der Waals surface area contributed by atoms with Crippen LogP contribution in [0.1, 0.15) is 18.9 Å². The van der Waals surface area contributed by atoms with E-state index in [2.05, 4.69) is 14.8 Å². The minimum absolute atomic E-state index is 0.0428. The molecule has 23 heavy (non-hydrogen) atoms. The Balaban J connectivity index is 1.51. The van der Waals surface area contributed by atoms with Crippen LogP contribution in [0.15, 0.2) is 41.5 Å². The van der Waals surface area contributed by atoms with E-state index >= 15 is 0 Å². The van der Waals surface area contributed by atoms with Gasteiger partial charge in [-0.15, -0.1) is 0 Å². The highest BCUT2D eigenvalue weighted by molar-refractivity contribution is 6.33. The number of nitrogens with zero attached hydrogens (tertiary/aromatic N) is 4. The number of benzene rings is 1. The molecule has 2 fully saturated rings. The van der Waals surface area contributed by atoms with Crippen molar-refractivity contribution in [3.63, 3.8) is 0 Å². The smallest absolute Gasteiger partial charge is 0.293 e. The molecule has 2 aromatic rings. The van der Waals surface area contributed by atoms with Gasteiger partial charge >= 0.3 is 0 Å². The topological polar surface area (TPSA) is 41.4 Å². The van der Waals surface area contributed by atoms with Crippen LogP contribution in [0.2, 0.25) is 5.02 Å². The predicted molar refractivity (Wildman–Crippen MR) is 92.6 cm³/mol. The highest BCUT2D eigenvalue weighted by Crippen LogP contribution is 2.33. The average molecular weight is 331 g/mol. The summed E-state index contributed by atoms with van der Waals surface area (Å²) in [7, 11) is 0. The Labute approximate surface area is 140 Å². The Kier molecular flexibility index (Phi) is 3.73. The number of halogens is 1. The van der Waals surface area contributed by atoms with E-state index in [4.69, 9.17) is 11.6 Å². The fourth-order valence-corrected chi connectivity index (χ4v) is 3.39. The molecule has 1 saturated heterocycles. The maximum Gasteiger partial charge on any atom is 0.293 e. The molecule has 0 radical (unpaired) electrons. The van der Waals surface area contributed by atoms with Crippen LogP contribution >= 0.6 is 11.6 Å². The summed E-state index contributed by atoms with van der Waals surface area (Å²) in [4.78, 5) is 21.3. The summed E-state index contributed by atoms with van der Waals surface area (Å²) in [6.45, 7) is 3.23. The van der Waals surface area contributed by atoms with Crippen LogP contribution in [0, 0.1) is 0 Å². The van der Waals surface area contributed by atoms with Crippen molar-refractivity contribution in [2.45, 2.75) is 18.9 Å².